The van der Waals surface area contributed by atoms with Crippen LogP contribution < -0.4 is 32.6 Å². The highest BCUT2D eigenvalue weighted by Gasteiger charge is 2.57. The van der Waals surface area contributed by atoms with Gasteiger partial charge in [0.05, 0.1) is 12.5 Å². The number of primary amides is 1. The van der Waals surface area contributed by atoms with E-state index in [2.05, 4.69) is 10.6 Å². The van der Waals surface area contributed by atoms with Gasteiger partial charge in [0.2, 0.25) is 11.8 Å². The molecule has 0 saturated heterocycles. The van der Waals surface area contributed by atoms with Crippen molar-refractivity contribution in [1.29, 1.82) is 5.41 Å². The molecule has 11 N–H and O–H groups in total. The van der Waals surface area contributed by atoms with Crippen LogP contribution in [0.5, 0.6) is 0 Å². The molecule has 1 unspecified atom stereocenters. The first kappa shape index (κ1) is 30.2. The third kappa shape index (κ3) is 6.84. The summed E-state index contributed by atoms with van der Waals surface area (Å²) >= 11 is 0. The number of nitrogen functional groups attached to an aromatic ring is 1. The molecule has 2 aromatic rings. The maximum atomic E-state index is 13.7. The molecule has 6 amide bonds. The minimum atomic E-state index is -5.35. The molecule has 0 aliphatic heterocycles. The normalized spacial score (nSPS) is 13.2. The lowest BCUT2D eigenvalue weighted by Gasteiger charge is -2.42. The Kier molecular flexibility index (Phi) is 9.30. The number of nitrogens with one attached hydrogen (secondary N) is 4. The van der Waals surface area contributed by atoms with Crippen LogP contribution >= 0.6 is 0 Å². The van der Waals surface area contributed by atoms with E-state index in [9.17, 15) is 32.4 Å². The van der Waals surface area contributed by atoms with Gasteiger partial charge in [-0.15, -0.1) is 0 Å². The Morgan fingerprint density at radius 1 is 1.03 bits per heavy atom. The fourth-order valence-electron chi connectivity index (χ4n) is 3.49. The van der Waals surface area contributed by atoms with Crippen molar-refractivity contribution in [3.8, 4) is 0 Å². The topological polar surface area (TPSA) is 281 Å². The lowest BCUT2D eigenvalue weighted by molar-refractivity contribution is -0.152. The maximum absolute atomic E-state index is 13.7. The van der Waals surface area contributed by atoms with Crippen LogP contribution in [0.4, 0.5) is 15.3 Å². The average molecular weight is 563 g/mol. The van der Waals surface area contributed by atoms with E-state index < -0.39 is 62.9 Å². The van der Waals surface area contributed by atoms with Crippen LogP contribution in [0.15, 0.2) is 54.6 Å². The summed E-state index contributed by atoms with van der Waals surface area (Å²) in [6, 6.07) is 6.86. The lowest BCUT2D eigenvalue weighted by atomic mass is 10.1. The van der Waals surface area contributed by atoms with Crippen LogP contribution in [0, 0.1) is 5.41 Å². The number of hydrogen-bond acceptors (Lipinski definition) is 9. The molecule has 0 saturated carbocycles. The Bertz CT molecular complexity index is 1400. The largest absolute Gasteiger partial charge is 0.481 e. The van der Waals surface area contributed by atoms with Crippen molar-refractivity contribution in [3.63, 3.8) is 0 Å². The van der Waals surface area contributed by atoms with E-state index in [0.717, 1.165) is 19.1 Å². The number of amidine groups is 1. The van der Waals surface area contributed by atoms with Gasteiger partial charge in [0.25, 0.3) is 15.0 Å². The van der Waals surface area contributed by atoms with Gasteiger partial charge in [-0.1, -0.05) is 30.3 Å². The number of carbonyl (C=O) groups excluding carboxylic acids is 4. The van der Waals surface area contributed by atoms with Crippen LogP contribution in [0.3, 0.4) is 0 Å². The number of imide groups is 1. The second kappa shape index (κ2) is 12.0. The second-order valence-electron chi connectivity index (χ2n) is 7.95. The zero-order chi connectivity index (χ0) is 29.5. The molecule has 16 nitrogen and oxygen atoms in total. The van der Waals surface area contributed by atoms with Crippen molar-refractivity contribution < 1.29 is 37.5 Å². The number of carboxylic acid groups (broad SMARTS) is 1. The molecule has 0 bridgehead atoms. The SMILES string of the molecule is CC(=O)N(C(=O)[C@@H](N)CC(=O)O)C(NC(=O)Nc1ccc(C(=N)N)cc1)(c1ccccc1)S(=O)(=O)NC(N)=O. The summed E-state index contributed by atoms with van der Waals surface area (Å²) in [5, 5.41) is 20.9. The molecular formula is C22H26N8O8S. The Hall–Kier alpha value is -5.03. The third-order valence-corrected chi connectivity index (χ3v) is 6.86. The zero-order valence-corrected chi connectivity index (χ0v) is 21.2. The van der Waals surface area contributed by atoms with Crippen molar-refractivity contribution >= 4 is 51.4 Å². The van der Waals surface area contributed by atoms with Gasteiger partial charge in [-0.25, -0.2) is 27.6 Å². The van der Waals surface area contributed by atoms with E-state index in [1.807, 2.05) is 0 Å². The number of urea groups is 2. The lowest BCUT2D eigenvalue weighted by Crippen LogP contribution is -2.70. The van der Waals surface area contributed by atoms with Crippen molar-refractivity contribution in [2.45, 2.75) is 24.4 Å². The predicted octanol–water partition coefficient (Wildman–Crippen LogP) is -0.922. The van der Waals surface area contributed by atoms with E-state index >= 15 is 0 Å². The number of anilines is 1. The number of nitrogens with two attached hydrogens (primary N) is 3. The van der Waals surface area contributed by atoms with E-state index in [4.69, 9.17) is 27.7 Å². The van der Waals surface area contributed by atoms with E-state index in [1.54, 1.807) is 0 Å². The Morgan fingerprint density at radius 2 is 1.59 bits per heavy atom. The number of carboxylic acids is 1. The van der Waals surface area contributed by atoms with Crippen molar-refractivity contribution in [3.05, 3.63) is 65.7 Å². The fraction of sp³-hybridized carbons (Fsp3) is 0.182. The maximum Gasteiger partial charge on any atom is 0.325 e. The number of nitrogens with zero attached hydrogens (tertiary/aromatic N) is 1. The van der Waals surface area contributed by atoms with Crippen LogP contribution in [0.1, 0.15) is 24.5 Å². The van der Waals surface area contributed by atoms with Gasteiger partial charge in [0.15, 0.2) is 0 Å². The number of aliphatic carboxylic acids is 1. The van der Waals surface area contributed by atoms with Gasteiger partial charge < -0.3 is 27.6 Å². The predicted molar refractivity (Wildman–Crippen MR) is 137 cm³/mol. The molecule has 2 aromatic carbocycles. The van der Waals surface area contributed by atoms with Crippen molar-refractivity contribution in [1.82, 2.24) is 14.9 Å². The molecule has 0 spiro atoms. The molecule has 0 aliphatic carbocycles. The average Bonchev–Trinajstić information content (AvgIpc) is 2.82. The van der Waals surface area contributed by atoms with Crippen molar-refractivity contribution in [2.24, 2.45) is 17.2 Å². The first-order chi connectivity index (χ1) is 18.1. The number of hydrogen-bond donors (Lipinski definition) is 8. The first-order valence-electron chi connectivity index (χ1n) is 10.8. The summed E-state index contributed by atoms with van der Waals surface area (Å²) in [4.78, 5) is 59.1. The van der Waals surface area contributed by atoms with E-state index in [1.165, 1.54) is 47.2 Å². The van der Waals surface area contributed by atoms with Crippen LogP contribution in [-0.2, 0) is 29.4 Å². The minimum absolute atomic E-state index is 0.0274. The summed E-state index contributed by atoms with van der Waals surface area (Å²) in [5.74, 6) is -4.59. The minimum Gasteiger partial charge on any atom is -0.481 e. The highest BCUT2D eigenvalue weighted by Crippen LogP contribution is 2.33. The van der Waals surface area contributed by atoms with Crippen molar-refractivity contribution in [2.75, 3.05) is 5.32 Å². The Balaban J connectivity index is 2.78. The molecule has 2 rings (SSSR count). The standard InChI is InChI=1S/C22H26N8O8S/c1-12(31)30(19(34)16(23)11-17(32)33)22(14-5-3-2-4-6-14,39(37,38)29-20(26)35)28-21(36)27-15-9-7-13(8-10-15)18(24)25/h2-10,16H,11,23H2,1H3,(H3,24,25)(H,32,33)(H3,26,29,35)(H2,27,28,36)/t16-,22?/m0/s1. The number of sulfonamides is 1. The van der Waals surface area contributed by atoms with E-state index in [-0.39, 0.29) is 16.4 Å². The molecule has 2 atom stereocenters. The van der Waals surface area contributed by atoms with Gasteiger partial charge in [0.1, 0.15) is 5.84 Å². The molecule has 0 fully saturated rings. The number of rotatable bonds is 10. The molecule has 0 aromatic heterocycles. The van der Waals surface area contributed by atoms with Crippen LogP contribution in [0.25, 0.3) is 0 Å². The monoisotopic (exact) mass is 562 g/mol. The third-order valence-electron chi connectivity index (χ3n) is 5.09. The quantitative estimate of drug-likeness (QED) is 0.100. The number of carbonyl (C=O) groups is 5. The molecule has 0 radical (unpaired) electrons. The number of benzene rings is 2. The number of amides is 6. The molecule has 17 heteroatoms. The van der Waals surface area contributed by atoms with Gasteiger partial charge in [-0.2, -0.15) is 0 Å². The Morgan fingerprint density at radius 3 is 2.05 bits per heavy atom. The zero-order valence-electron chi connectivity index (χ0n) is 20.4. The Labute approximate surface area is 222 Å². The van der Waals surface area contributed by atoms with Gasteiger partial charge >= 0.3 is 18.0 Å². The smallest absolute Gasteiger partial charge is 0.325 e. The van der Waals surface area contributed by atoms with Gasteiger partial charge in [-0.3, -0.25) is 25.1 Å². The summed E-state index contributed by atoms with van der Waals surface area (Å²) in [6.45, 7) is 0.767. The highest BCUT2D eigenvalue weighted by atomic mass is 32.2. The molecule has 0 heterocycles. The van der Waals surface area contributed by atoms with Crippen LogP contribution in [-0.4, -0.2) is 60.1 Å². The molecular weight excluding hydrogens is 536 g/mol. The van der Waals surface area contributed by atoms with Crippen LogP contribution in [0.2, 0.25) is 0 Å². The molecule has 208 valence electrons. The molecule has 0 aliphatic rings. The van der Waals surface area contributed by atoms with Gasteiger partial charge in [0, 0.05) is 23.7 Å². The summed E-state index contributed by atoms with van der Waals surface area (Å²) in [6.07, 6.45) is -1.01. The van der Waals surface area contributed by atoms with E-state index in [0.29, 0.717) is 5.56 Å². The second-order valence-corrected chi connectivity index (χ2v) is 9.75. The summed E-state index contributed by atoms with van der Waals surface area (Å²) in [5.41, 5.74) is 16.1. The fourth-order valence-corrected chi connectivity index (χ4v) is 5.04. The van der Waals surface area contributed by atoms with Gasteiger partial charge in [-0.05, 0) is 24.3 Å². The highest BCUT2D eigenvalue weighted by molar-refractivity contribution is 7.91. The summed E-state index contributed by atoms with van der Waals surface area (Å²) < 4.78 is 28.8. The first-order valence-corrected chi connectivity index (χ1v) is 12.3. The summed E-state index contributed by atoms with van der Waals surface area (Å²) in [7, 11) is -5.35. The molecule has 39 heavy (non-hydrogen) atoms.